The molecule has 2 fully saturated rings. The molecule has 6 nitrogen and oxygen atoms in total. The van der Waals surface area contributed by atoms with Gasteiger partial charge in [-0.2, -0.15) is 0 Å². The first kappa shape index (κ1) is 17.8. The second-order valence-corrected chi connectivity index (χ2v) is 7.65. The number of rotatable bonds is 4. The number of Topliss-reactive ketones (excluding diaryl/α,β-unsaturated/α-hetero) is 1. The number of ether oxygens (including phenoxy) is 2. The van der Waals surface area contributed by atoms with Crippen molar-refractivity contribution < 1.29 is 23.9 Å². The minimum Gasteiger partial charge on any atom is -0.464 e. The standard InChI is InChI=1S/C17H27NO5/c1-5-22-14(20)13(18-15(21)23-16(2,3)4)11-10-17(8-9-17)7-6-12(11)19/h11,13H,5-10H2,1-4H3,(H,18,21)/t11-,13+/m1/s1. The van der Waals surface area contributed by atoms with E-state index >= 15 is 0 Å². The molecule has 23 heavy (non-hydrogen) atoms. The van der Waals surface area contributed by atoms with Gasteiger partial charge in [0.15, 0.2) is 0 Å². The molecule has 0 aromatic heterocycles. The van der Waals surface area contributed by atoms with E-state index in [0.29, 0.717) is 12.8 Å². The van der Waals surface area contributed by atoms with Crippen LogP contribution in [0.15, 0.2) is 0 Å². The Balaban J connectivity index is 2.11. The van der Waals surface area contributed by atoms with Gasteiger partial charge in [0, 0.05) is 12.3 Å². The van der Waals surface area contributed by atoms with E-state index in [1.165, 1.54) is 0 Å². The maximum absolute atomic E-state index is 12.3. The Morgan fingerprint density at radius 1 is 1.30 bits per heavy atom. The van der Waals surface area contributed by atoms with E-state index in [1.807, 2.05) is 0 Å². The van der Waals surface area contributed by atoms with Crippen LogP contribution in [0.5, 0.6) is 0 Å². The van der Waals surface area contributed by atoms with Crippen molar-refractivity contribution in [2.45, 2.75) is 71.4 Å². The molecular weight excluding hydrogens is 298 g/mol. The number of alkyl carbamates (subject to hydrolysis) is 1. The van der Waals surface area contributed by atoms with Crippen molar-refractivity contribution in [3.05, 3.63) is 0 Å². The third-order valence-corrected chi connectivity index (χ3v) is 4.54. The molecule has 2 aliphatic carbocycles. The molecule has 1 N–H and O–H groups in total. The Hall–Kier alpha value is -1.59. The van der Waals surface area contributed by atoms with Crippen molar-refractivity contribution in [1.82, 2.24) is 5.32 Å². The highest BCUT2D eigenvalue weighted by atomic mass is 16.6. The highest BCUT2D eigenvalue weighted by Gasteiger charge is 2.52. The van der Waals surface area contributed by atoms with Gasteiger partial charge in [-0.05, 0) is 58.8 Å². The maximum atomic E-state index is 12.3. The van der Waals surface area contributed by atoms with Crippen molar-refractivity contribution >= 4 is 17.8 Å². The Labute approximate surface area is 137 Å². The molecule has 2 saturated carbocycles. The third kappa shape index (κ3) is 4.69. The lowest BCUT2D eigenvalue weighted by molar-refractivity contribution is -0.150. The van der Waals surface area contributed by atoms with Gasteiger partial charge in [0.25, 0.3) is 0 Å². The van der Waals surface area contributed by atoms with E-state index in [4.69, 9.17) is 9.47 Å². The van der Waals surface area contributed by atoms with Gasteiger partial charge in [0.05, 0.1) is 6.61 Å². The monoisotopic (exact) mass is 325 g/mol. The summed E-state index contributed by atoms with van der Waals surface area (Å²) in [6.45, 7) is 7.15. The summed E-state index contributed by atoms with van der Waals surface area (Å²) in [6.07, 6.45) is 3.50. The van der Waals surface area contributed by atoms with Crippen molar-refractivity contribution in [2.24, 2.45) is 11.3 Å². The summed E-state index contributed by atoms with van der Waals surface area (Å²) < 4.78 is 10.3. The molecule has 0 aliphatic heterocycles. The molecule has 2 aliphatic rings. The van der Waals surface area contributed by atoms with Crippen LogP contribution in [-0.2, 0) is 19.1 Å². The molecule has 0 heterocycles. The van der Waals surface area contributed by atoms with E-state index in [9.17, 15) is 14.4 Å². The summed E-state index contributed by atoms with van der Waals surface area (Å²) in [5, 5.41) is 2.57. The SMILES string of the molecule is CCOC(=O)[C@@H](NC(=O)OC(C)(C)C)[C@@H]1CC2(CCC1=O)CC2. The summed E-state index contributed by atoms with van der Waals surface area (Å²) in [4.78, 5) is 36.7. The fourth-order valence-electron chi connectivity index (χ4n) is 3.18. The molecule has 0 bridgehead atoms. The van der Waals surface area contributed by atoms with E-state index in [2.05, 4.69) is 5.32 Å². The topological polar surface area (TPSA) is 81.7 Å². The predicted octanol–water partition coefficient (Wildman–Crippen LogP) is 2.59. The van der Waals surface area contributed by atoms with E-state index < -0.39 is 29.6 Å². The van der Waals surface area contributed by atoms with Crippen LogP contribution in [-0.4, -0.2) is 36.1 Å². The second kappa shape index (κ2) is 6.49. The van der Waals surface area contributed by atoms with Gasteiger partial charge in [0.1, 0.15) is 17.4 Å². The Morgan fingerprint density at radius 3 is 2.48 bits per heavy atom. The van der Waals surface area contributed by atoms with Gasteiger partial charge in [-0.15, -0.1) is 0 Å². The van der Waals surface area contributed by atoms with Crippen LogP contribution in [0.4, 0.5) is 4.79 Å². The molecule has 2 rings (SSSR count). The van der Waals surface area contributed by atoms with Gasteiger partial charge in [-0.1, -0.05) is 0 Å². The first-order valence-electron chi connectivity index (χ1n) is 8.35. The van der Waals surface area contributed by atoms with Crippen LogP contribution >= 0.6 is 0 Å². The van der Waals surface area contributed by atoms with Crippen LogP contribution < -0.4 is 5.32 Å². The van der Waals surface area contributed by atoms with Crippen molar-refractivity contribution in [3.63, 3.8) is 0 Å². The van der Waals surface area contributed by atoms with E-state index in [-0.39, 0.29) is 17.8 Å². The molecule has 0 aromatic carbocycles. The summed E-state index contributed by atoms with van der Waals surface area (Å²) >= 11 is 0. The zero-order valence-electron chi connectivity index (χ0n) is 14.4. The molecule has 0 radical (unpaired) electrons. The smallest absolute Gasteiger partial charge is 0.408 e. The Morgan fingerprint density at radius 2 is 1.96 bits per heavy atom. The average molecular weight is 325 g/mol. The summed E-state index contributed by atoms with van der Waals surface area (Å²) in [5.41, 5.74) is -0.476. The zero-order valence-corrected chi connectivity index (χ0v) is 14.4. The molecule has 1 amide bonds. The quantitative estimate of drug-likeness (QED) is 0.803. The molecule has 0 aromatic rings. The highest BCUT2D eigenvalue weighted by molar-refractivity contribution is 5.91. The lowest BCUT2D eigenvalue weighted by Crippen LogP contribution is -2.52. The van der Waals surface area contributed by atoms with Gasteiger partial charge < -0.3 is 14.8 Å². The molecule has 6 heteroatoms. The summed E-state index contributed by atoms with van der Waals surface area (Å²) in [5.74, 6) is -1.05. The number of nitrogens with one attached hydrogen (secondary N) is 1. The summed E-state index contributed by atoms with van der Waals surface area (Å²) in [7, 11) is 0. The lowest BCUT2D eigenvalue weighted by Gasteiger charge is -2.33. The first-order valence-corrected chi connectivity index (χ1v) is 8.35. The largest absolute Gasteiger partial charge is 0.464 e. The van der Waals surface area contributed by atoms with Crippen LogP contribution in [0.2, 0.25) is 0 Å². The fraction of sp³-hybridized carbons (Fsp3) is 0.824. The highest BCUT2D eigenvalue weighted by Crippen LogP contribution is 2.57. The fourth-order valence-corrected chi connectivity index (χ4v) is 3.18. The summed E-state index contributed by atoms with van der Waals surface area (Å²) in [6, 6.07) is -0.963. The molecular formula is C17H27NO5. The minimum absolute atomic E-state index is 0.0247. The minimum atomic E-state index is -0.963. The lowest BCUT2D eigenvalue weighted by atomic mass is 9.75. The van der Waals surface area contributed by atoms with Crippen molar-refractivity contribution in [3.8, 4) is 0 Å². The molecule has 1 spiro atoms. The number of ketones is 1. The van der Waals surface area contributed by atoms with E-state index in [1.54, 1.807) is 27.7 Å². The predicted molar refractivity (Wildman–Crippen MR) is 83.8 cm³/mol. The normalized spacial score (nSPS) is 24.0. The van der Waals surface area contributed by atoms with Crippen LogP contribution in [0.25, 0.3) is 0 Å². The van der Waals surface area contributed by atoms with Gasteiger partial charge in [0.2, 0.25) is 0 Å². The van der Waals surface area contributed by atoms with Crippen LogP contribution in [0.1, 0.15) is 59.8 Å². The van der Waals surface area contributed by atoms with Gasteiger partial charge in [-0.3, -0.25) is 4.79 Å². The maximum Gasteiger partial charge on any atom is 0.408 e. The van der Waals surface area contributed by atoms with Crippen LogP contribution in [0, 0.1) is 11.3 Å². The zero-order chi connectivity index (χ0) is 17.3. The second-order valence-electron chi connectivity index (χ2n) is 7.65. The third-order valence-electron chi connectivity index (χ3n) is 4.54. The first-order chi connectivity index (χ1) is 10.7. The molecule has 0 unspecified atom stereocenters. The van der Waals surface area contributed by atoms with Crippen LogP contribution in [0.3, 0.4) is 0 Å². The number of hydrogen-bond donors (Lipinski definition) is 1. The number of carbonyl (C=O) groups excluding carboxylic acids is 3. The number of amides is 1. The van der Waals surface area contributed by atoms with Crippen molar-refractivity contribution in [1.29, 1.82) is 0 Å². The van der Waals surface area contributed by atoms with E-state index in [0.717, 1.165) is 19.3 Å². The van der Waals surface area contributed by atoms with Gasteiger partial charge >= 0.3 is 12.1 Å². The Bertz CT molecular complexity index is 490. The molecule has 0 saturated heterocycles. The molecule has 130 valence electrons. The molecule has 2 atom stereocenters. The van der Waals surface area contributed by atoms with Gasteiger partial charge in [-0.25, -0.2) is 9.59 Å². The Kier molecular flexibility index (Phi) is 5.01. The van der Waals surface area contributed by atoms with Crippen molar-refractivity contribution in [2.75, 3.05) is 6.61 Å². The average Bonchev–Trinajstić information content (AvgIpc) is 3.17. The number of esters is 1. The number of carbonyl (C=O) groups is 3. The number of hydrogen-bond acceptors (Lipinski definition) is 5.